The second-order valence-corrected chi connectivity index (χ2v) is 15.7. The molecular formula is C38H55N5O8. The molecule has 3 aliphatic rings. The van der Waals surface area contributed by atoms with Crippen LogP contribution >= 0.6 is 0 Å². The average Bonchev–Trinajstić information content (AvgIpc) is 3.83. The highest BCUT2D eigenvalue weighted by atomic mass is 16.5. The highest BCUT2D eigenvalue weighted by Gasteiger charge is 2.45. The van der Waals surface area contributed by atoms with Crippen molar-refractivity contribution in [1.29, 1.82) is 0 Å². The molecule has 0 aromatic carbocycles. The molecule has 3 amide bonds. The quantitative estimate of drug-likeness (QED) is 0.222. The first kappa shape index (κ1) is 39.8. The first-order valence-electron chi connectivity index (χ1n) is 18.6. The highest BCUT2D eigenvalue weighted by Crippen LogP contribution is 2.35. The fourth-order valence-corrected chi connectivity index (χ4v) is 7.50. The molecule has 13 heteroatoms. The van der Waals surface area contributed by atoms with Gasteiger partial charge < -0.3 is 20.3 Å². The number of amides is 3. The maximum absolute atomic E-state index is 14.2. The number of ketones is 4. The van der Waals surface area contributed by atoms with Crippen LogP contribution in [-0.4, -0.2) is 88.2 Å². The van der Waals surface area contributed by atoms with E-state index in [0.29, 0.717) is 12.8 Å². The van der Waals surface area contributed by atoms with Crippen molar-refractivity contribution >= 4 is 41.0 Å². The minimum absolute atomic E-state index is 0.00545. The standard InChI is InChI=1S/C38H55N5O8/c1-6-10-25(34(47)32(46)17-23-13-14-23)18-30(44)26-21-43(37(50)51-5)22-29(26)41-35(48)27(38(2,3)4)19-31(45)33(24-11-8-7-9-12-24)42-36(49)28-20-39-15-16-40-28/h15-16,20,23-27,29,33H,6-14,17-19,21-22H2,1-5H3,(H,41,48)(H,42,49)/t25-,26-,27-,29+,33+/m1/s1. The van der Waals surface area contributed by atoms with Crippen LogP contribution in [0.3, 0.4) is 0 Å². The third-order valence-corrected chi connectivity index (χ3v) is 10.7. The number of Topliss-reactive ketones (excluding diaryl/α,β-unsaturated/α-hetero) is 4. The van der Waals surface area contributed by atoms with Gasteiger partial charge in [0.2, 0.25) is 11.7 Å². The normalized spacial score (nSPS) is 21.2. The van der Waals surface area contributed by atoms with Crippen LogP contribution in [0.4, 0.5) is 4.79 Å². The van der Waals surface area contributed by atoms with Crippen molar-refractivity contribution in [3.05, 3.63) is 24.3 Å². The van der Waals surface area contributed by atoms with E-state index >= 15 is 0 Å². The Hall–Kier alpha value is -4.03. The van der Waals surface area contributed by atoms with Crippen molar-refractivity contribution in [2.45, 2.75) is 117 Å². The van der Waals surface area contributed by atoms with Crippen LogP contribution in [0.2, 0.25) is 0 Å². The van der Waals surface area contributed by atoms with Gasteiger partial charge >= 0.3 is 6.09 Å². The average molecular weight is 710 g/mol. The Morgan fingerprint density at radius 1 is 0.961 bits per heavy atom. The van der Waals surface area contributed by atoms with E-state index in [4.69, 9.17) is 4.74 Å². The van der Waals surface area contributed by atoms with Gasteiger partial charge in [0.15, 0.2) is 11.6 Å². The molecule has 1 aromatic rings. The summed E-state index contributed by atoms with van der Waals surface area (Å²) in [6.45, 7) is 7.45. The van der Waals surface area contributed by atoms with Gasteiger partial charge in [-0.1, -0.05) is 53.4 Å². The van der Waals surface area contributed by atoms with E-state index < -0.39 is 64.7 Å². The van der Waals surface area contributed by atoms with Crippen LogP contribution in [-0.2, 0) is 28.7 Å². The Labute approximate surface area is 300 Å². The van der Waals surface area contributed by atoms with E-state index in [1.807, 2.05) is 27.7 Å². The predicted octanol–water partition coefficient (Wildman–Crippen LogP) is 4.27. The van der Waals surface area contributed by atoms with Crippen molar-refractivity contribution in [3.8, 4) is 0 Å². The first-order chi connectivity index (χ1) is 24.2. The number of nitrogens with zero attached hydrogens (tertiary/aromatic N) is 3. The SMILES string of the molecule is CCC[C@H](CC(=O)[C@@H]1CN(C(=O)OC)C[C@@H]1NC(=O)[C@@H](CC(=O)[C@@H](NC(=O)c1cnccn1)C1CCCCC1)C(C)(C)C)C(=O)C(=O)CC1CC1. The van der Waals surface area contributed by atoms with Gasteiger partial charge in [0.1, 0.15) is 11.5 Å². The minimum Gasteiger partial charge on any atom is -0.453 e. The second-order valence-electron chi connectivity index (χ2n) is 15.7. The van der Waals surface area contributed by atoms with Gasteiger partial charge in [-0.15, -0.1) is 0 Å². The van der Waals surface area contributed by atoms with Gasteiger partial charge in [-0.3, -0.25) is 33.8 Å². The van der Waals surface area contributed by atoms with E-state index in [9.17, 15) is 33.6 Å². The summed E-state index contributed by atoms with van der Waals surface area (Å²) in [7, 11) is 1.24. The molecule has 2 aliphatic carbocycles. The molecule has 5 atom stereocenters. The van der Waals surface area contributed by atoms with Crippen molar-refractivity contribution in [3.63, 3.8) is 0 Å². The molecule has 0 bridgehead atoms. The maximum Gasteiger partial charge on any atom is 0.409 e. The largest absolute Gasteiger partial charge is 0.453 e. The molecule has 13 nitrogen and oxygen atoms in total. The zero-order chi connectivity index (χ0) is 37.3. The Morgan fingerprint density at radius 2 is 1.67 bits per heavy atom. The number of ether oxygens (including phenoxy) is 1. The lowest BCUT2D eigenvalue weighted by Gasteiger charge is -2.34. The fourth-order valence-electron chi connectivity index (χ4n) is 7.50. The molecule has 1 aliphatic heterocycles. The lowest BCUT2D eigenvalue weighted by molar-refractivity contribution is -0.140. The summed E-state index contributed by atoms with van der Waals surface area (Å²) in [6.07, 6.45) is 10.8. The van der Waals surface area contributed by atoms with Crippen molar-refractivity contribution in [1.82, 2.24) is 25.5 Å². The van der Waals surface area contributed by atoms with E-state index in [1.54, 1.807) is 0 Å². The Balaban J connectivity index is 1.51. The van der Waals surface area contributed by atoms with E-state index in [1.165, 1.54) is 30.6 Å². The Morgan fingerprint density at radius 3 is 2.25 bits per heavy atom. The van der Waals surface area contributed by atoms with E-state index in [-0.39, 0.29) is 61.4 Å². The zero-order valence-electron chi connectivity index (χ0n) is 30.8. The summed E-state index contributed by atoms with van der Waals surface area (Å²) in [6, 6.07) is -1.61. The van der Waals surface area contributed by atoms with Crippen molar-refractivity contribution < 1.29 is 38.3 Å². The first-order valence-corrected chi connectivity index (χ1v) is 18.6. The third-order valence-electron chi connectivity index (χ3n) is 10.7. The summed E-state index contributed by atoms with van der Waals surface area (Å²) >= 11 is 0. The van der Waals surface area contributed by atoms with Gasteiger partial charge in [-0.25, -0.2) is 9.78 Å². The Bertz CT molecular complexity index is 1430. The number of aromatic nitrogens is 2. The molecule has 0 radical (unpaired) electrons. The van der Waals surface area contributed by atoms with Gasteiger partial charge in [0.25, 0.3) is 5.91 Å². The fraction of sp³-hybridized carbons (Fsp3) is 0.711. The molecule has 3 fully saturated rings. The number of methoxy groups -OCH3 is 1. The lowest BCUT2D eigenvalue weighted by atomic mass is 9.74. The number of likely N-dealkylation sites (tertiary alicyclic amines) is 1. The Kier molecular flexibility index (Phi) is 14.0. The molecule has 2 N–H and O–H groups in total. The predicted molar refractivity (Wildman–Crippen MR) is 187 cm³/mol. The molecule has 0 spiro atoms. The molecule has 1 aromatic heterocycles. The van der Waals surface area contributed by atoms with Crippen LogP contribution in [0.5, 0.6) is 0 Å². The summed E-state index contributed by atoms with van der Waals surface area (Å²) in [5.74, 6) is -4.76. The maximum atomic E-state index is 14.2. The molecule has 2 heterocycles. The van der Waals surface area contributed by atoms with E-state index in [2.05, 4.69) is 20.6 Å². The molecule has 280 valence electrons. The molecular weight excluding hydrogens is 654 g/mol. The number of carbonyl (C=O) groups excluding carboxylic acids is 7. The summed E-state index contributed by atoms with van der Waals surface area (Å²) in [5.41, 5.74) is -0.592. The van der Waals surface area contributed by atoms with Gasteiger partial charge in [-0.05, 0) is 49.4 Å². The number of carbonyl (C=O) groups is 7. The third kappa shape index (κ3) is 11.0. The van der Waals surface area contributed by atoms with Gasteiger partial charge in [0, 0.05) is 56.6 Å². The number of hydrogen-bond acceptors (Lipinski definition) is 10. The molecule has 51 heavy (non-hydrogen) atoms. The second kappa shape index (κ2) is 17.9. The molecule has 0 unspecified atom stereocenters. The monoisotopic (exact) mass is 709 g/mol. The van der Waals surface area contributed by atoms with E-state index in [0.717, 1.165) is 44.9 Å². The van der Waals surface area contributed by atoms with Crippen LogP contribution in [0.1, 0.15) is 115 Å². The smallest absolute Gasteiger partial charge is 0.409 e. The van der Waals surface area contributed by atoms with Gasteiger partial charge in [0.05, 0.1) is 31.3 Å². The van der Waals surface area contributed by atoms with Crippen molar-refractivity contribution in [2.75, 3.05) is 20.2 Å². The molecule has 1 saturated heterocycles. The van der Waals surface area contributed by atoms with Gasteiger partial charge in [-0.2, -0.15) is 0 Å². The highest BCUT2D eigenvalue weighted by molar-refractivity contribution is 6.38. The summed E-state index contributed by atoms with van der Waals surface area (Å²) in [5, 5.41) is 5.89. The number of rotatable bonds is 17. The summed E-state index contributed by atoms with van der Waals surface area (Å²) in [4.78, 5) is 103. The van der Waals surface area contributed by atoms with Crippen LogP contribution in [0.15, 0.2) is 18.6 Å². The summed E-state index contributed by atoms with van der Waals surface area (Å²) < 4.78 is 4.93. The van der Waals surface area contributed by atoms with Crippen LogP contribution in [0.25, 0.3) is 0 Å². The molecule has 2 saturated carbocycles. The zero-order valence-corrected chi connectivity index (χ0v) is 30.8. The van der Waals surface area contributed by atoms with Crippen LogP contribution < -0.4 is 10.6 Å². The van der Waals surface area contributed by atoms with Crippen LogP contribution in [0, 0.1) is 35.0 Å². The number of hydrogen-bond donors (Lipinski definition) is 2. The lowest BCUT2D eigenvalue weighted by Crippen LogP contribution is -2.51. The molecule has 4 rings (SSSR count). The minimum atomic E-state index is -0.837. The topological polar surface area (TPSA) is 182 Å². The number of nitrogens with one attached hydrogen (secondary N) is 2. The van der Waals surface area contributed by atoms with Crippen molar-refractivity contribution in [2.24, 2.45) is 35.0 Å².